The van der Waals surface area contributed by atoms with Crippen LogP contribution in [0.25, 0.3) is 0 Å². The number of nitrogens with two attached hydrogens (primary N) is 1. The Morgan fingerprint density at radius 3 is 2.67 bits per heavy atom. The highest BCUT2D eigenvalue weighted by atomic mass is 15.3. The second-order valence-electron chi connectivity index (χ2n) is 3.38. The summed E-state index contributed by atoms with van der Waals surface area (Å²) in [4.78, 5) is 0. The summed E-state index contributed by atoms with van der Waals surface area (Å²) >= 11 is 0. The summed E-state index contributed by atoms with van der Waals surface area (Å²) in [6, 6.07) is 2.13. The van der Waals surface area contributed by atoms with Gasteiger partial charge in [0.2, 0.25) is 0 Å². The standard InChI is InChI=1S/C9H17N3/c1-7(2)9-6-8(3)12(11-9)5-4-10/h6-7H,4-5,10H2,1-3H3. The monoisotopic (exact) mass is 167 g/mol. The van der Waals surface area contributed by atoms with E-state index in [-0.39, 0.29) is 0 Å². The SMILES string of the molecule is Cc1cc(C(C)C)nn1CCN. The van der Waals surface area contributed by atoms with Crippen LogP contribution in [0.2, 0.25) is 0 Å². The Balaban J connectivity index is 2.85. The molecule has 0 aliphatic heterocycles. The first kappa shape index (κ1) is 9.26. The van der Waals surface area contributed by atoms with E-state index in [0.29, 0.717) is 12.5 Å². The zero-order valence-electron chi connectivity index (χ0n) is 8.04. The van der Waals surface area contributed by atoms with Gasteiger partial charge in [0.15, 0.2) is 0 Å². The predicted molar refractivity (Wildman–Crippen MR) is 50.1 cm³/mol. The molecule has 68 valence electrons. The molecule has 0 fully saturated rings. The van der Waals surface area contributed by atoms with Crippen LogP contribution in [0, 0.1) is 6.92 Å². The minimum atomic E-state index is 0.503. The van der Waals surface area contributed by atoms with Crippen molar-refractivity contribution in [1.29, 1.82) is 0 Å². The van der Waals surface area contributed by atoms with Crippen LogP contribution in [0.15, 0.2) is 6.07 Å². The molecule has 0 unspecified atom stereocenters. The first-order chi connectivity index (χ1) is 5.65. The van der Waals surface area contributed by atoms with Crippen molar-refractivity contribution in [2.24, 2.45) is 5.73 Å². The van der Waals surface area contributed by atoms with Gasteiger partial charge < -0.3 is 5.73 Å². The fourth-order valence-electron chi connectivity index (χ4n) is 1.17. The molecular weight excluding hydrogens is 150 g/mol. The van der Waals surface area contributed by atoms with Crippen molar-refractivity contribution >= 4 is 0 Å². The summed E-state index contributed by atoms with van der Waals surface area (Å²) in [7, 11) is 0. The van der Waals surface area contributed by atoms with E-state index in [9.17, 15) is 0 Å². The van der Waals surface area contributed by atoms with Gasteiger partial charge in [0.25, 0.3) is 0 Å². The molecule has 1 heterocycles. The summed E-state index contributed by atoms with van der Waals surface area (Å²) < 4.78 is 1.97. The molecule has 3 heteroatoms. The van der Waals surface area contributed by atoms with Crippen LogP contribution >= 0.6 is 0 Å². The normalized spacial score (nSPS) is 11.1. The third-order valence-electron chi connectivity index (χ3n) is 1.93. The second-order valence-corrected chi connectivity index (χ2v) is 3.38. The van der Waals surface area contributed by atoms with Crippen molar-refractivity contribution in [2.45, 2.75) is 33.2 Å². The summed E-state index contributed by atoms with van der Waals surface area (Å²) in [5.74, 6) is 0.503. The van der Waals surface area contributed by atoms with Crippen LogP contribution in [-0.4, -0.2) is 16.3 Å². The molecule has 12 heavy (non-hydrogen) atoms. The van der Waals surface area contributed by atoms with E-state index in [2.05, 4.69) is 31.9 Å². The Labute approximate surface area is 73.6 Å². The topological polar surface area (TPSA) is 43.8 Å². The van der Waals surface area contributed by atoms with Gasteiger partial charge in [-0.15, -0.1) is 0 Å². The number of aromatic nitrogens is 2. The van der Waals surface area contributed by atoms with E-state index in [4.69, 9.17) is 5.73 Å². The third kappa shape index (κ3) is 1.85. The first-order valence-electron chi connectivity index (χ1n) is 4.39. The van der Waals surface area contributed by atoms with E-state index in [1.807, 2.05) is 4.68 Å². The zero-order valence-corrected chi connectivity index (χ0v) is 8.04. The largest absolute Gasteiger partial charge is 0.329 e. The Morgan fingerprint density at radius 2 is 2.25 bits per heavy atom. The molecule has 0 saturated heterocycles. The molecule has 0 atom stereocenters. The lowest BCUT2D eigenvalue weighted by Crippen LogP contribution is -2.12. The highest BCUT2D eigenvalue weighted by molar-refractivity contribution is 5.11. The van der Waals surface area contributed by atoms with Gasteiger partial charge in [0.1, 0.15) is 0 Å². The third-order valence-corrected chi connectivity index (χ3v) is 1.93. The number of hydrogen-bond acceptors (Lipinski definition) is 2. The molecule has 0 aromatic carbocycles. The summed E-state index contributed by atoms with van der Waals surface area (Å²) in [5, 5.41) is 4.44. The van der Waals surface area contributed by atoms with Gasteiger partial charge in [-0.2, -0.15) is 5.10 Å². The average Bonchev–Trinajstić information content (AvgIpc) is 2.34. The quantitative estimate of drug-likeness (QED) is 0.736. The fraction of sp³-hybridized carbons (Fsp3) is 0.667. The molecular formula is C9H17N3. The summed E-state index contributed by atoms with van der Waals surface area (Å²) in [6.07, 6.45) is 0. The maximum Gasteiger partial charge on any atom is 0.0652 e. The Hall–Kier alpha value is -0.830. The highest BCUT2D eigenvalue weighted by Crippen LogP contribution is 2.13. The van der Waals surface area contributed by atoms with Crippen LogP contribution in [0.1, 0.15) is 31.2 Å². The van der Waals surface area contributed by atoms with Crippen molar-refractivity contribution in [2.75, 3.05) is 6.54 Å². The number of rotatable bonds is 3. The molecule has 0 saturated carbocycles. The minimum Gasteiger partial charge on any atom is -0.329 e. The average molecular weight is 167 g/mol. The van der Waals surface area contributed by atoms with Gasteiger partial charge in [0, 0.05) is 12.2 Å². The summed E-state index contributed by atoms with van der Waals surface area (Å²) in [6.45, 7) is 7.83. The lowest BCUT2D eigenvalue weighted by atomic mass is 10.1. The van der Waals surface area contributed by atoms with Crippen LogP contribution in [-0.2, 0) is 6.54 Å². The molecule has 0 aliphatic carbocycles. The molecule has 0 amide bonds. The predicted octanol–water partition coefficient (Wildman–Crippen LogP) is 1.27. The molecule has 1 aromatic heterocycles. The summed E-state index contributed by atoms with van der Waals surface area (Å²) in [5.41, 5.74) is 7.81. The van der Waals surface area contributed by atoms with Crippen molar-refractivity contribution in [1.82, 2.24) is 9.78 Å². The number of hydrogen-bond donors (Lipinski definition) is 1. The van der Waals surface area contributed by atoms with Gasteiger partial charge >= 0.3 is 0 Å². The van der Waals surface area contributed by atoms with E-state index in [1.54, 1.807) is 0 Å². The van der Waals surface area contributed by atoms with Crippen molar-refractivity contribution < 1.29 is 0 Å². The number of aryl methyl sites for hydroxylation is 1. The first-order valence-corrected chi connectivity index (χ1v) is 4.39. The lowest BCUT2D eigenvalue weighted by molar-refractivity contribution is 0.593. The minimum absolute atomic E-state index is 0.503. The van der Waals surface area contributed by atoms with Crippen LogP contribution in [0.5, 0.6) is 0 Å². The van der Waals surface area contributed by atoms with Gasteiger partial charge in [-0.3, -0.25) is 4.68 Å². The highest BCUT2D eigenvalue weighted by Gasteiger charge is 2.05. The number of nitrogens with zero attached hydrogens (tertiary/aromatic N) is 2. The van der Waals surface area contributed by atoms with E-state index in [1.165, 1.54) is 5.69 Å². The Kier molecular flexibility index (Phi) is 2.87. The van der Waals surface area contributed by atoms with Gasteiger partial charge in [-0.25, -0.2) is 0 Å². The molecule has 0 bridgehead atoms. The molecule has 0 spiro atoms. The van der Waals surface area contributed by atoms with Crippen molar-refractivity contribution in [3.63, 3.8) is 0 Å². The maximum absolute atomic E-state index is 5.45. The molecule has 3 nitrogen and oxygen atoms in total. The van der Waals surface area contributed by atoms with Gasteiger partial charge in [-0.1, -0.05) is 13.8 Å². The van der Waals surface area contributed by atoms with Crippen molar-refractivity contribution in [3.8, 4) is 0 Å². The van der Waals surface area contributed by atoms with Gasteiger partial charge in [-0.05, 0) is 18.9 Å². The van der Waals surface area contributed by atoms with Gasteiger partial charge in [0.05, 0.1) is 12.2 Å². The Bertz CT molecular complexity index is 250. The molecule has 1 rings (SSSR count). The van der Waals surface area contributed by atoms with E-state index >= 15 is 0 Å². The Morgan fingerprint density at radius 1 is 1.58 bits per heavy atom. The van der Waals surface area contributed by atoms with E-state index in [0.717, 1.165) is 12.2 Å². The molecule has 1 aromatic rings. The molecule has 0 aliphatic rings. The van der Waals surface area contributed by atoms with Crippen LogP contribution in [0.3, 0.4) is 0 Å². The lowest BCUT2D eigenvalue weighted by Gasteiger charge is -2.00. The molecule has 0 radical (unpaired) electrons. The van der Waals surface area contributed by atoms with Crippen LogP contribution < -0.4 is 5.73 Å². The second kappa shape index (κ2) is 3.72. The zero-order chi connectivity index (χ0) is 9.14. The molecule has 2 N–H and O–H groups in total. The van der Waals surface area contributed by atoms with E-state index < -0.39 is 0 Å². The van der Waals surface area contributed by atoms with Crippen molar-refractivity contribution in [3.05, 3.63) is 17.5 Å². The maximum atomic E-state index is 5.45. The smallest absolute Gasteiger partial charge is 0.0652 e. The van der Waals surface area contributed by atoms with Crippen LogP contribution in [0.4, 0.5) is 0 Å². The fourth-order valence-corrected chi connectivity index (χ4v) is 1.17.